The molecule has 2 fully saturated rings. The summed E-state index contributed by atoms with van der Waals surface area (Å²) in [5, 5.41) is 0.195. The second-order valence-corrected chi connectivity index (χ2v) is 13.6. The van der Waals surface area contributed by atoms with Crippen molar-refractivity contribution in [2.45, 2.75) is 23.8 Å². The first-order valence-electron chi connectivity index (χ1n) is 14.4. The molecule has 0 saturated carbocycles. The maximum atomic E-state index is 16.0. The quantitative estimate of drug-likeness (QED) is 0.314. The van der Waals surface area contributed by atoms with Crippen molar-refractivity contribution >= 4 is 38.3 Å². The van der Waals surface area contributed by atoms with E-state index >= 15 is 4.39 Å². The first-order valence-corrected chi connectivity index (χ1v) is 16.3. The summed E-state index contributed by atoms with van der Waals surface area (Å²) < 4.78 is 43.5. The highest BCUT2D eigenvalue weighted by molar-refractivity contribution is 7.90. The zero-order chi connectivity index (χ0) is 32.2. The fourth-order valence-corrected chi connectivity index (χ4v) is 7.10. The predicted molar refractivity (Wildman–Crippen MR) is 170 cm³/mol. The van der Waals surface area contributed by atoms with E-state index in [1.807, 2.05) is 18.9 Å². The van der Waals surface area contributed by atoms with Crippen molar-refractivity contribution in [2.75, 3.05) is 56.7 Å². The minimum Gasteiger partial charge on any atom is -0.397 e. The maximum Gasteiger partial charge on any atom is 0.355 e. The molecule has 4 aromatic rings. The second-order valence-electron chi connectivity index (χ2n) is 11.6. The highest BCUT2D eigenvalue weighted by atomic mass is 32.2. The molecule has 0 aliphatic carbocycles. The number of hydrogen-bond acceptors (Lipinski definition) is 10. The van der Waals surface area contributed by atoms with Gasteiger partial charge in [-0.2, -0.15) is 4.98 Å². The molecule has 1 aromatic carbocycles. The van der Waals surface area contributed by atoms with Gasteiger partial charge in [-0.3, -0.25) is 9.78 Å². The molecule has 45 heavy (non-hydrogen) atoms. The van der Waals surface area contributed by atoms with Crippen LogP contribution >= 0.6 is 0 Å². The highest BCUT2D eigenvalue weighted by Gasteiger charge is 2.34. The predicted octanol–water partition coefficient (Wildman–Crippen LogP) is 2.22. The molecule has 6 rings (SSSR count). The largest absolute Gasteiger partial charge is 0.397 e. The molecule has 2 saturated heterocycles. The summed E-state index contributed by atoms with van der Waals surface area (Å²) >= 11 is 0. The van der Waals surface area contributed by atoms with Crippen molar-refractivity contribution in [1.82, 2.24) is 29.3 Å². The molecule has 0 unspecified atom stereocenters. The van der Waals surface area contributed by atoms with Crippen molar-refractivity contribution in [3.63, 3.8) is 0 Å². The lowest BCUT2D eigenvalue weighted by Gasteiger charge is -2.40. The molecule has 0 radical (unpaired) electrons. The van der Waals surface area contributed by atoms with Gasteiger partial charge in [0.05, 0.1) is 21.7 Å². The van der Waals surface area contributed by atoms with Crippen LogP contribution in [0.3, 0.4) is 0 Å². The number of nitrogens with two attached hydrogens (primary N) is 1. The van der Waals surface area contributed by atoms with Crippen LogP contribution in [0.2, 0.25) is 0 Å². The smallest absolute Gasteiger partial charge is 0.355 e. The standard InChI is InChI=1S/C31H33FN8O4S/c1-5-25(41)38-12-13-39(18(2)15-38)29-21-14-22(32)26(27-23(33)9-7-11-34-27)35-30(21)40(31(42)36-29)28-20(19-16-37(3)17-19)8-6-10-24(28)45(4,43)44/h5-11,14,18-19H,1,12-13,15-17,33H2,2-4H3/t18-/m0/s1. The van der Waals surface area contributed by atoms with Gasteiger partial charge in [0.15, 0.2) is 21.3 Å². The number of halogens is 1. The van der Waals surface area contributed by atoms with Crippen LogP contribution in [0.25, 0.3) is 28.1 Å². The number of aromatic nitrogens is 4. The van der Waals surface area contributed by atoms with Crippen molar-refractivity contribution < 1.29 is 17.6 Å². The molecule has 3 aromatic heterocycles. The van der Waals surface area contributed by atoms with Gasteiger partial charge in [0.25, 0.3) is 0 Å². The van der Waals surface area contributed by atoms with E-state index in [0.717, 1.165) is 6.26 Å². The molecule has 5 heterocycles. The molecule has 2 N–H and O–H groups in total. The number of nitrogen functional groups attached to an aromatic ring is 1. The number of likely N-dealkylation sites (tertiary alicyclic amines) is 1. The normalized spacial score (nSPS) is 17.8. The molecule has 12 nitrogen and oxygen atoms in total. The van der Waals surface area contributed by atoms with Crippen LogP contribution in [-0.2, 0) is 14.6 Å². The van der Waals surface area contributed by atoms with E-state index in [2.05, 4.69) is 26.4 Å². The molecule has 1 amide bonds. The number of carbonyl (C=O) groups is 1. The van der Waals surface area contributed by atoms with Gasteiger partial charge in [-0.25, -0.2) is 27.2 Å². The highest BCUT2D eigenvalue weighted by Crippen LogP contribution is 2.37. The van der Waals surface area contributed by atoms with Crippen LogP contribution in [0, 0.1) is 5.82 Å². The number of para-hydroxylation sites is 1. The molecule has 234 valence electrons. The van der Waals surface area contributed by atoms with Crippen LogP contribution in [0.15, 0.2) is 64.9 Å². The number of anilines is 2. The van der Waals surface area contributed by atoms with Crippen LogP contribution in [0.1, 0.15) is 18.4 Å². The second kappa shape index (κ2) is 11.3. The first-order chi connectivity index (χ1) is 21.4. The van der Waals surface area contributed by atoms with E-state index < -0.39 is 21.3 Å². The number of nitrogens with zero attached hydrogens (tertiary/aromatic N) is 7. The summed E-state index contributed by atoms with van der Waals surface area (Å²) in [5.41, 5.74) is 6.24. The van der Waals surface area contributed by atoms with E-state index in [4.69, 9.17) is 5.73 Å². The summed E-state index contributed by atoms with van der Waals surface area (Å²) in [6.45, 7) is 7.71. The lowest BCUT2D eigenvalue weighted by Crippen LogP contribution is -2.54. The summed E-state index contributed by atoms with van der Waals surface area (Å²) in [7, 11) is -1.90. The lowest BCUT2D eigenvalue weighted by molar-refractivity contribution is -0.126. The number of benzene rings is 1. The van der Waals surface area contributed by atoms with E-state index in [0.29, 0.717) is 38.3 Å². The number of fused-ring (bicyclic) bond motifs is 1. The first kappa shape index (κ1) is 30.3. The van der Waals surface area contributed by atoms with Crippen molar-refractivity contribution in [2.24, 2.45) is 0 Å². The number of rotatable bonds is 6. The third kappa shape index (κ3) is 5.33. The molecule has 0 bridgehead atoms. The van der Waals surface area contributed by atoms with Crippen LogP contribution < -0.4 is 16.3 Å². The van der Waals surface area contributed by atoms with Crippen molar-refractivity contribution in [3.05, 3.63) is 77.1 Å². The number of carbonyl (C=O) groups excluding carboxylic acids is 1. The van der Waals surface area contributed by atoms with Gasteiger partial charge in [-0.05, 0) is 49.9 Å². The van der Waals surface area contributed by atoms with E-state index in [9.17, 15) is 18.0 Å². The molecule has 14 heteroatoms. The van der Waals surface area contributed by atoms with Crippen LogP contribution in [0.5, 0.6) is 0 Å². The topological polar surface area (TPSA) is 148 Å². The molecular weight excluding hydrogens is 599 g/mol. The maximum absolute atomic E-state index is 16.0. The van der Waals surface area contributed by atoms with Gasteiger partial charge < -0.3 is 20.4 Å². The Morgan fingerprint density at radius 1 is 1.11 bits per heavy atom. The van der Waals surface area contributed by atoms with Crippen molar-refractivity contribution in [1.29, 1.82) is 0 Å². The number of likely N-dealkylation sites (N-methyl/N-ethyl adjacent to an activating group) is 1. The van der Waals surface area contributed by atoms with E-state index in [1.165, 1.54) is 29.0 Å². The zero-order valence-electron chi connectivity index (χ0n) is 25.1. The Kier molecular flexibility index (Phi) is 7.65. The number of pyridine rings is 2. The average Bonchev–Trinajstić information content (AvgIpc) is 2.98. The Morgan fingerprint density at radius 2 is 1.87 bits per heavy atom. The van der Waals surface area contributed by atoms with Crippen LogP contribution in [-0.4, -0.2) is 95.7 Å². The Hall–Kier alpha value is -4.69. The van der Waals surface area contributed by atoms with Gasteiger partial charge in [0.1, 0.15) is 17.2 Å². The Labute approximate surface area is 259 Å². The van der Waals surface area contributed by atoms with Gasteiger partial charge in [-0.1, -0.05) is 18.7 Å². The minimum atomic E-state index is -3.85. The molecule has 0 spiro atoms. The summed E-state index contributed by atoms with van der Waals surface area (Å²) in [6, 6.07) is 9.01. The van der Waals surface area contributed by atoms with Crippen LogP contribution in [0.4, 0.5) is 15.9 Å². The number of amides is 1. The SMILES string of the molecule is C=CC(=O)N1CCN(c2nc(=O)n(-c3c(C4CN(C)C4)cccc3S(C)(=O)=O)c3nc(-c4ncccc4N)c(F)cc23)[C@@H](C)C1. The molecule has 2 aliphatic heterocycles. The zero-order valence-corrected chi connectivity index (χ0v) is 26.0. The van der Waals surface area contributed by atoms with Gasteiger partial charge >= 0.3 is 5.69 Å². The van der Waals surface area contributed by atoms with Crippen molar-refractivity contribution in [3.8, 4) is 17.1 Å². The Balaban J connectivity index is 1.67. The fourth-order valence-electron chi connectivity index (χ4n) is 6.21. The molecule has 2 aliphatic rings. The van der Waals surface area contributed by atoms with E-state index in [-0.39, 0.29) is 62.4 Å². The summed E-state index contributed by atoms with van der Waals surface area (Å²) in [4.78, 5) is 45.4. The lowest BCUT2D eigenvalue weighted by atomic mass is 9.90. The Bertz CT molecular complexity index is 2030. The fraction of sp³-hybridized carbons (Fsp3) is 0.323. The third-order valence-corrected chi connectivity index (χ3v) is 9.54. The molecular formula is C31H33FN8O4S. The van der Waals surface area contributed by atoms with Gasteiger partial charge in [0, 0.05) is 57.1 Å². The minimum absolute atomic E-state index is 0.00767. The third-order valence-electron chi connectivity index (χ3n) is 8.41. The number of piperazine rings is 1. The van der Waals surface area contributed by atoms with Gasteiger partial charge in [0.2, 0.25) is 5.91 Å². The summed E-state index contributed by atoms with van der Waals surface area (Å²) in [5.74, 6) is -0.841. The molecule has 1 atom stereocenters. The Morgan fingerprint density at radius 3 is 2.51 bits per heavy atom. The van der Waals surface area contributed by atoms with Gasteiger partial charge in [-0.15, -0.1) is 0 Å². The summed E-state index contributed by atoms with van der Waals surface area (Å²) in [6.07, 6.45) is 3.78. The van der Waals surface area contributed by atoms with E-state index in [1.54, 1.807) is 29.2 Å². The number of hydrogen-bond donors (Lipinski definition) is 1. The number of sulfone groups is 1. The average molecular weight is 633 g/mol. The monoisotopic (exact) mass is 632 g/mol.